The molecule has 0 bridgehead atoms. The van der Waals surface area contributed by atoms with Gasteiger partial charge in [-0.1, -0.05) is 23.7 Å². The Morgan fingerprint density at radius 2 is 1.85 bits per heavy atom. The van der Waals surface area contributed by atoms with Crippen LogP contribution in [0.2, 0.25) is 5.02 Å². The average Bonchev–Trinajstić information content (AvgIpc) is 3.67. The number of pyridine rings is 2. The summed E-state index contributed by atoms with van der Waals surface area (Å²) in [6, 6.07) is 12.6. The number of halogens is 4. The molecule has 1 atom stereocenters. The molecule has 8 nitrogen and oxygen atoms in total. The minimum atomic E-state index is -1.23. The fraction of sp³-hybridized carbons (Fsp3) is 0.148. The summed E-state index contributed by atoms with van der Waals surface area (Å²) < 4.78 is 40.9. The van der Waals surface area contributed by atoms with Gasteiger partial charge in [0.25, 0.3) is 0 Å². The van der Waals surface area contributed by atoms with Crippen molar-refractivity contribution in [1.29, 1.82) is 5.26 Å². The Morgan fingerprint density at radius 3 is 2.56 bits per heavy atom. The van der Waals surface area contributed by atoms with E-state index in [0.29, 0.717) is 33.3 Å². The second kappa shape index (κ2) is 9.98. The van der Waals surface area contributed by atoms with E-state index in [2.05, 4.69) is 37.6 Å². The largest absolute Gasteiger partial charge is 0.373 e. The number of hydrogen-bond acceptors (Lipinski definition) is 8. The fourth-order valence-corrected chi connectivity index (χ4v) is 4.67. The quantitative estimate of drug-likeness (QED) is 0.215. The van der Waals surface area contributed by atoms with Gasteiger partial charge in [0.1, 0.15) is 11.9 Å². The van der Waals surface area contributed by atoms with E-state index in [1.807, 2.05) is 11.2 Å². The van der Waals surface area contributed by atoms with Crippen molar-refractivity contribution in [3.8, 4) is 6.07 Å². The lowest BCUT2D eigenvalue weighted by Crippen LogP contribution is -2.38. The fourth-order valence-electron chi connectivity index (χ4n) is 4.40. The number of fused-ring (bicyclic) bond motifs is 1. The highest BCUT2D eigenvalue weighted by Gasteiger charge is 2.32. The number of hydrogen-bond donors (Lipinski definition) is 4. The number of rotatable bonds is 7. The van der Waals surface area contributed by atoms with Crippen molar-refractivity contribution in [2.75, 3.05) is 10.6 Å². The Labute approximate surface area is 226 Å². The lowest BCUT2D eigenvalue weighted by molar-refractivity contribution is 0.260. The summed E-state index contributed by atoms with van der Waals surface area (Å²) in [5.74, 6) is -2.72. The van der Waals surface area contributed by atoms with Crippen LogP contribution in [0.15, 0.2) is 66.8 Å². The SMILES string of the molecule is N#Cc1cnc2c(Cl)cc(N[C@H](C3=CN(C4CC4)NN3)c3ccc(F)cc3)cc2c1Nc1cnc(F)c(F)c1. The summed E-state index contributed by atoms with van der Waals surface area (Å²) >= 11 is 6.63. The standard InChI is InChI=1S/C27H20ClF3N8/c28-21-8-17(35-25(14-1-3-16(29)4-2-14)23-13-39(38-37-23)19-5-6-19)7-20-24(15(10-32)11-33-26(20)21)36-18-9-22(30)27(31)34-12-18/h1-4,7-9,11-13,19,25,35,37-38H,5-6H2,(H,33,36)/t25-/m0/s1. The van der Waals surface area contributed by atoms with E-state index in [-0.39, 0.29) is 17.1 Å². The topological polar surface area (TPSA) is 101 Å². The third kappa shape index (κ3) is 4.99. The first-order valence-electron chi connectivity index (χ1n) is 12.0. The van der Waals surface area contributed by atoms with Crippen LogP contribution in [-0.2, 0) is 0 Å². The van der Waals surface area contributed by atoms with Crippen molar-refractivity contribution in [1.82, 2.24) is 25.9 Å². The van der Waals surface area contributed by atoms with Gasteiger partial charge in [-0.3, -0.25) is 9.99 Å². The molecular formula is C27H20ClF3N8. The zero-order chi connectivity index (χ0) is 27.1. The third-order valence-corrected chi connectivity index (χ3v) is 6.77. The first-order valence-corrected chi connectivity index (χ1v) is 12.4. The molecule has 0 unspecified atom stereocenters. The molecule has 1 aliphatic heterocycles. The van der Waals surface area contributed by atoms with Gasteiger partial charge in [-0.25, -0.2) is 13.8 Å². The maximum Gasteiger partial charge on any atom is 0.249 e. The van der Waals surface area contributed by atoms with Crippen LogP contribution in [0.5, 0.6) is 0 Å². The Morgan fingerprint density at radius 1 is 1.05 bits per heavy atom. The molecule has 1 saturated carbocycles. The summed E-state index contributed by atoms with van der Waals surface area (Å²) in [6.45, 7) is 0. The van der Waals surface area contributed by atoms with Crippen LogP contribution < -0.4 is 21.6 Å². The van der Waals surface area contributed by atoms with Gasteiger partial charge in [0.2, 0.25) is 5.95 Å². The van der Waals surface area contributed by atoms with Gasteiger partial charge in [-0.15, -0.1) is 5.53 Å². The van der Waals surface area contributed by atoms with E-state index in [1.54, 1.807) is 24.3 Å². The molecule has 196 valence electrons. The highest BCUT2D eigenvalue weighted by Crippen LogP contribution is 2.37. The van der Waals surface area contributed by atoms with Crippen LogP contribution >= 0.6 is 11.6 Å². The Balaban J connectivity index is 1.42. The molecule has 4 N–H and O–H groups in total. The van der Waals surface area contributed by atoms with E-state index in [9.17, 15) is 18.4 Å². The lowest BCUT2D eigenvalue weighted by Gasteiger charge is -2.22. The molecule has 0 spiro atoms. The lowest BCUT2D eigenvalue weighted by atomic mass is 10.0. The molecule has 0 radical (unpaired) electrons. The van der Waals surface area contributed by atoms with Crippen LogP contribution in [0.1, 0.15) is 30.0 Å². The maximum absolute atomic E-state index is 13.8. The van der Waals surface area contributed by atoms with Gasteiger partial charge < -0.3 is 16.1 Å². The van der Waals surface area contributed by atoms with Crippen molar-refractivity contribution < 1.29 is 13.2 Å². The zero-order valence-corrected chi connectivity index (χ0v) is 20.9. The highest BCUT2D eigenvalue weighted by atomic mass is 35.5. The van der Waals surface area contributed by atoms with Gasteiger partial charge >= 0.3 is 0 Å². The van der Waals surface area contributed by atoms with Crippen LogP contribution in [0.25, 0.3) is 10.9 Å². The summed E-state index contributed by atoms with van der Waals surface area (Å²) in [5, 5.41) is 18.9. The summed E-state index contributed by atoms with van der Waals surface area (Å²) in [5.41, 5.74) is 9.53. The van der Waals surface area contributed by atoms with Gasteiger partial charge in [-0.2, -0.15) is 9.65 Å². The number of nitrogens with zero attached hydrogens (tertiary/aromatic N) is 4. The number of benzene rings is 2. The van der Waals surface area contributed by atoms with Crippen molar-refractivity contribution in [3.63, 3.8) is 0 Å². The predicted octanol–water partition coefficient (Wildman–Crippen LogP) is 5.80. The van der Waals surface area contributed by atoms with Gasteiger partial charge in [0.15, 0.2) is 5.82 Å². The molecule has 1 aliphatic carbocycles. The third-order valence-electron chi connectivity index (χ3n) is 6.48. The molecule has 2 aromatic carbocycles. The summed E-state index contributed by atoms with van der Waals surface area (Å²) in [7, 11) is 0. The number of nitriles is 1. The second-order valence-corrected chi connectivity index (χ2v) is 9.63. The van der Waals surface area contributed by atoms with Crippen LogP contribution in [0.4, 0.5) is 30.2 Å². The summed E-state index contributed by atoms with van der Waals surface area (Å²) in [6.07, 6.45) is 6.62. The number of nitrogens with one attached hydrogen (secondary N) is 4. The van der Waals surface area contributed by atoms with Crippen molar-refractivity contribution in [2.24, 2.45) is 0 Å². The molecule has 39 heavy (non-hydrogen) atoms. The maximum atomic E-state index is 13.8. The summed E-state index contributed by atoms with van der Waals surface area (Å²) in [4.78, 5) is 7.73. The number of anilines is 3. The van der Waals surface area contributed by atoms with Crippen LogP contribution in [-0.4, -0.2) is 21.0 Å². The van der Waals surface area contributed by atoms with Gasteiger partial charge in [-0.05, 0) is 42.7 Å². The molecule has 6 rings (SSSR count). The minimum absolute atomic E-state index is 0.142. The zero-order valence-electron chi connectivity index (χ0n) is 20.1. The van der Waals surface area contributed by atoms with Gasteiger partial charge in [0, 0.05) is 35.6 Å². The first-order chi connectivity index (χ1) is 18.9. The Kier molecular flexibility index (Phi) is 6.34. The van der Waals surface area contributed by atoms with E-state index < -0.39 is 17.8 Å². The molecule has 3 heterocycles. The molecule has 2 aliphatic rings. The normalized spacial score (nSPS) is 15.5. The monoisotopic (exact) mass is 548 g/mol. The number of aromatic nitrogens is 2. The Bertz CT molecular complexity index is 1650. The Hall–Kier alpha value is -4.53. The predicted molar refractivity (Wildman–Crippen MR) is 141 cm³/mol. The molecule has 2 aromatic heterocycles. The van der Waals surface area contributed by atoms with Crippen LogP contribution in [0.3, 0.4) is 0 Å². The smallest absolute Gasteiger partial charge is 0.249 e. The van der Waals surface area contributed by atoms with Gasteiger partial charge in [0.05, 0.1) is 45.4 Å². The second-order valence-electron chi connectivity index (χ2n) is 9.22. The van der Waals surface area contributed by atoms with E-state index in [4.69, 9.17) is 11.6 Å². The van der Waals surface area contributed by atoms with Crippen molar-refractivity contribution in [3.05, 3.63) is 100 Å². The van der Waals surface area contributed by atoms with E-state index in [0.717, 1.165) is 36.4 Å². The minimum Gasteiger partial charge on any atom is -0.373 e. The van der Waals surface area contributed by atoms with E-state index >= 15 is 0 Å². The molecule has 0 amide bonds. The van der Waals surface area contributed by atoms with Crippen LogP contribution in [0, 0.1) is 28.9 Å². The average molecular weight is 549 g/mol. The molecule has 12 heteroatoms. The number of hydrazine groups is 2. The molecule has 1 fully saturated rings. The first kappa shape index (κ1) is 24.8. The highest BCUT2D eigenvalue weighted by molar-refractivity contribution is 6.36. The van der Waals surface area contributed by atoms with Crippen molar-refractivity contribution >= 4 is 39.6 Å². The molecular weight excluding hydrogens is 529 g/mol. The molecule has 0 saturated heterocycles. The van der Waals surface area contributed by atoms with Crippen molar-refractivity contribution in [2.45, 2.75) is 24.9 Å². The van der Waals surface area contributed by atoms with E-state index in [1.165, 1.54) is 18.3 Å². The molecule has 4 aromatic rings.